The quantitative estimate of drug-likeness (QED) is 0.662. The minimum Gasteiger partial charge on any atom is -0.322 e. The van der Waals surface area contributed by atoms with Crippen molar-refractivity contribution in [3.8, 4) is 0 Å². The van der Waals surface area contributed by atoms with Crippen molar-refractivity contribution in [2.45, 2.75) is 5.25 Å². The van der Waals surface area contributed by atoms with Gasteiger partial charge in [-0.3, -0.25) is 14.9 Å². The van der Waals surface area contributed by atoms with Crippen molar-refractivity contribution < 1.29 is 18.5 Å². The SMILES string of the molecule is CSC(C(=O)Nc1cc([N+](=O)[O-])c(F)cc1F)c1ccccc1. The fourth-order valence-electron chi connectivity index (χ4n) is 1.99. The van der Waals surface area contributed by atoms with Gasteiger partial charge in [0, 0.05) is 12.1 Å². The average molecular weight is 338 g/mol. The third kappa shape index (κ3) is 3.84. The molecule has 0 spiro atoms. The Balaban J connectivity index is 2.29. The maximum Gasteiger partial charge on any atom is 0.307 e. The molecule has 1 N–H and O–H groups in total. The van der Waals surface area contributed by atoms with E-state index in [1.807, 2.05) is 0 Å². The summed E-state index contributed by atoms with van der Waals surface area (Å²) in [6, 6.07) is 9.84. The Bertz CT molecular complexity index is 741. The number of hydrogen-bond acceptors (Lipinski definition) is 4. The third-order valence-corrected chi connectivity index (χ3v) is 4.02. The third-order valence-electron chi connectivity index (χ3n) is 3.07. The summed E-state index contributed by atoms with van der Waals surface area (Å²) in [5.41, 5.74) is -0.630. The summed E-state index contributed by atoms with van der Waals surface area (Å²) in [4.78, 5) is 22.0. The van der Waals surface area contributed by atoms with E-state index in [1.165, 1.54) is 11.8 Å². The molecule has 0 aromatic heterocycles. The van der Waals surface area contributed by atoms with Gasteiger partial charge in [0.1, 0.15) is 11.1 Å². The van der Waals surface area contributed by atoms with E-state index in [0.29, 0.717) is 17.7 Å². The number of anilines is 1. The first-order valence-corrected chi connectivity index (χ1v) is 7.75. The highest BCUT2D eigenvalue weighted by Crippen LogP contribution is 2.30. The van der Waals surface area contributed by atoms with Gasteiger partial charge in [0.2, 0.25) is 11.7 Å². The summed E-state index contributed by atoms with van der Waals surface area (Å²) in [5, 5.41) is 12.4. The van der Waals surface area contributed by atoms with Crippen LogP contribution in [0.3, 0.4) is 0 Å². The second-order valence-electron chi connectivity index (χ2n) is 4.56. The molecule has 0 saturated carbocycles. The molecule has 8 heteroatoms. The number of nitrogens with one attached hydrogen (secondary N) is 1. The molecule has 1 unspecified atom stereocenters. The van der Waals surface area contributed by atoms with Gasteiger partial charge in [0.15, 0.2) is 0 Å². The van der Waals surface area contributed by atoms with E-state index in [-0.39, 0.29) is 0 Å². The molecule has 0 fully saturated rings. The van der Waals surface area contributed by atoms with Crippen LogP contribution in [0.1, 0.15) is 10.8 Å². The molecule has 2 rings (SSSR count). The van der Waals surface area contributed by atoms with E-state index >= 15 is 0 Å². The number of nitro groups is 1. The van der Waals surface area contributed by atoms with Crippen molar-refractivity contribution in [1.29, 1.82) is 0 Å². The Morgan fingerprint density at radius 2 is 1.87 bits per heavy atom. The molecule has 0 radical (unpaired) electrons. The van der Waals surface area contributed by atoms with E-state index in [9.17, 15) is 23.7 Å². The van der Waals surface area contributed by atoms with Crippen LogP contribution in [0.5, 0.6) is 0 Å². The molecule has 1 atom stereocenters. The Kier molecular flexibility index (Phi) is 5.28. The van der Waals surface area contributed by atoms with Crippen LogP contribution < -0.4 is 5.32 Å². The van der Waals surface area contributed by atoms with Crippen molar-refractivity contribution in [2.75, 3.05) is 11.6 Å². The van der Waals surface area contributed by atoms with Gasteiger partial charge in [-0.1, -0.05) is 30.3 Å². The second kappa shape index (κ2) is 7.19. The van der Waals surface area contributed by atoms with E-state index in [4.69, 9.17) is 0 Å². The summed E-state index contributed by atoms with van der Waals surface area (Å²) < 4.78 is 27.0. The van der Waals surface area contributed by atoms with Crippen LogP contribution in [0.2, 0.25) is 0 Å². The van der Waals surface area contributed by atoms with Gasteiger partial charge in [-0.15, -0.1) is 11.8 Å². The zero-order valence-corrected chi connectivity index (χ0v) is 12.8. The molecule has 0 heterocycles. The predicted molar refractivity (Wildman–Crippen MR) is 84.3 cm³/mol. The number of carbonyl (C=O) groups excluding carboxylic acids is 1. The van der Waals surface area contributed by atoms with E-state index < -0.39 is 39.1 Å². The lowest BCUT2D eigenvalue weighted by molar-refractivity contribution is -0.387. The van der Waals surface area contributed by atoms with E-state index in [0.717, 1.165) is 0 Å². The molecule has 0 aliphatic rings. The maximum atomic E-state index is 13.7. The van der Waals surface area contributed by atoms with Crippen LogP contribution in [0.25, 0.3) is 0 Å². The molecule has 1 amide bonds. The summed E-state index contributed by atoms with van der Waals surface area (Å²) in [5.74, 6) is -2.92. The molecule has 0 saturated heterocycles. The topological polar surface area (TPSA) is 72.2 Å². The number of thioether (sulfide) groups is 1. The van der Waals surface area contributed by atoms with Gasteiger partial charge in [-0.2, -0.15) is 4.39 Å². The highest BCUT2D eigenvalue weighted by atomic mass is 32.2. The number of nitro benzene ring substituents is 1. The van der Waals surface area contributed by atoms with Gasteiger partial charge < -0.3 is 5.32 Å². The standard InChI is InChI=1S/C15H12F2N2O3S/c1-23-14(9-5-3-2-4-6-9)15(20)18-12-8-13(19(21)22)11(17)7-10(12)16/h2-8,14H,1H3,(H,18,20). The fraction of sp³-hybridized carbons (Fsp3) is 0.133. The van der Waals surface area contributed by atoms with Crippen molar-refractivity contribution in [3.05, 3.63) is 69.8 Å². The molecule has 2 aromatic rings. The van der Waals surface area contributed by atoms with Gasteiger partial charge >= 0.3 is 5.69 Å². The molecular weight excluding hydrogens is 326 g/mol. The molecular formula is C15H12F2N2O3S. The number of carbonyl (C=O) groups is 1. The first kappa shape index (κ1) is 16.9. The largest absolute Gasteiger partial charge is 0.322 e. The van der Waals surface area contributed by atoms with Crippen LogP contribution in [0.15, 0.2) is 42.5 Å². The summed E-state index contributed by atoms with van der Waals surface area (Å²) in [6.45, 7) is 0. The maximum absolute atomic E-state index is 13.7. The molecule has 23 heavy (non-hydrogen) atoms. The smallest absolute Gasteiger partial charge is 0.307 e. The molecule has 0 bridgehead atoms. The first-order chi connectivity index (χ1) is 10.9. The van der Waals surface area contributed by atoms with E-state index in [2.05, 4.69) is 5.32 Å². The number of nitrogens with zero attached hydrogens (tertiary/aromatic N) is 1. The zero-order chi connectivity index (χ0) is 17.0. The van der Waals surface area contributed by atoms with Gasteiger partial charge in [-0.25, -0.2) is 4.39 Å². The molecule has 2 aromatic carbocycles. The predicted octanol–water partition coefficient (Wildman–Crippen LogP) is 3.92. The monoisotopic (exact) mass is 338 g/mol. The second-order valence-corrected chi connectivity index (χ2v) is 5.50. The number of halogens is 2. The first-order valence-electron chi connectivity index (χ1n) is 6.46. The van der Waals surface area contributed by atoms with Crippen molar-refractivity contribution in [2.24, 2.45) is 0 Å². The summed E-state index contributed by atoms with van der Waals surface area (Å²) in [7, 11) is 0. The van der Waals surface area contributed by atoms with Gasteiger partial charge in [0.05, 0.1) is 10.6 Å². The molecule has 5 nitrogen and oxygen atoms in total. The van der Waals surface area contributed by atoms with E-state index in [1.54, 1.807) is 36.6 Å². The fourth-order valence-corrected chi connectivity index (χ4v) is 2.70. The summed E-state index contributed by atoms with van der Waals surface area (Å²) >= 11 is 1.23. The van der Waals surface area contributed by atoms with Crippen LogP contribution in [-0.2, 0) is 4.79 Å². The Labute approximate surface area is 134 Å². The van der Waals surface area contributed by atoms with Crippen LogP contribution in [0.4, 0.5) is 20.2 Å². The zero-order valence-electron chi connectivity index (χ0n) is 12.0. The van der Waals surface area contributed by atoms with Crippen LogP contribution in [0, 0.1) is 21.7 Å². The van der Waals surface area contributed by atoms with Gasteiger partial charge in [0.25, 0.3) is 0 Å². The lowest BCUT2D eigenvalue weighted by Gasteiger charge is -2.15. The normalized spacial score (nSPS) is 11.8. The minimum atomic E-state index is -1.30. The van der Waals surface area contributed by atoms with Crippen LogP contribution >= 0.6 is 11.8 Å². The summed E-state index contributed by atoms with van der Waals surface area (Å²) in [6.07, 6.45) is 1.71. The highest BCUT2D eigenvalue weighted by Gasteiger charge is 2.23. The lowest BCUT2D eigenvalue weighted by Crippen LogP contribution is -2.19. The van der Waals surface area contributed by atoms with Gasteiger partial charge in [-0.05, 0) is 11.8 Å². The molecule has 120 valence electrons. The number of amides is 1. The average Bonchev–Trinajstić information content (AvgIpc) is 2.51. The van der Waals surface area contributed by atoms with Crippen molar-refractivity contribution in [1.82, 2.24) is 0 Å². The number of rotatable bonds is 5. The highest BCUT2D eigenvalue weighted by molar-refractivity contribution is 7.99. The Morgan fingerprint density at radius 3 is 2.43 bits per heavy atom. The lowest BCUT2D eigenvalue weighted by atomic mass is 10.1. The number of benzene rings is 2. The Hall–Kier alpha value is -2.48. The van der Waals surface area contributed by atoms with Crippen molar-refractivity contribution in [3.63, 3.8) is 0 Å². The van der Waals surface area contributed by atoms with Crippen LogP contribution in [-0.4, -0.2) is 17.1 Å². The van der Waals surface area contributed by atoms with Crippen molar-refractivity contribution >= 4 is 29.0 Å². The molecule has 0 aliphatic heterocycles. The number of hydrogen-bond donors (Lipinski definition) is 1. The molecule has 0 aliphatic carbocycles. The minimum absolute atomic E-state index is 0.379. The Morgan fingerprint density at radius 1 is 1.22 bits per heavy atom.